The van der Waals surface area contributed by atoms with Crippen LogP contribution in [-0.4, -0.2) is 51.7 Å². The first kappa shape index (κ1) is 29.6. The lowest BCUT2D eigenvalue weighted by molar-refractivity contribution is -0.146. The van der Waals surface area contributed by atoms with Crippen molar-refractivity contribution in [3.05, 3.63) is 63.6 Å². The Labute approximate surface area is 232 Å². The van der Waals surface area contributed by atoms with Crippen LogP contribution in [0.25, 0.3) is 0 Å². The average Bonchev–Trinajstić information content (AvgIpc) is 2.87. The van der Waals surface area contributed by atoms with E-state index in [9.17, 15) is 19.5 Å². The first-order valence-electron chi connectivity index (χ1n) is 13.0. The summed E-state index contributed by atoms with van der Waals surface area (Å²) in [6.07, 6.45) is 2.33. The molecule has 38 heavy (non-hydrogen) atoms. The number of carboxylic acids is 1. The molecular weight excluding hydrogens is 550 g/mol. The minimum Gasteiger partial charge on any atom is -0.479 e. The van der Waals surface area contributed by atoms with Crippen molar-refractivity contribution in [2.24, 2.45) is 11.3 Å². The molecule has 0 aliphatic heterocycles. The van der Waals surface area contributed by atoms with Crippen LogP contribution in [0.5, 0.6) is 0 Å². The number of hydrogen-bond acceptors (Lipinski definition) is 4. The fourth-order valence-corrected chi connectivity index (χ4v) is 5.20. The number of urea groups is 1. The maximum absolute atomic E-state index is 13.5. The van der Waals surface area contributed by atoms with E-state index < -0.39 is 18.0 Å². The Morgan fingerprint density at radius 1 is 1.05 bits per heavy atom. The van der Waals surface area contributed by atoms with Gasteiger partial charge in [-0.15, -0.1) is 0 Å². The number of rotatable bonds is 8. The van der Waals surface area contributed by atoms with Crippen LogP contribution in [0.1, 0.15) is 67.9 Å². The first-order chi connectivity index (χ1) is 17.8. The lowest BCUT2D eigenvalue weighted by atomic mass is 9.71. The summed E-state index contributed by atoms with van der Waals surface area (Å²) >= 11 is 3.53. The Morgan fingerprint density at radius 2 is 1.68 bits per heavy atom. The second-order valence-electron chi connectivity index (χ2n) is 11.2. The highest BCUT2D eigenvalue weighted by Crippen LogP contribution is 2.39. The Balaban J connectivity index is 1.73. The Kier molecular flexibility index (Phi) is 9.95. The van der Waals surface area contributed by atoms with Gasteiger partial charge in [0.05, 0.1) is 6.54 Å². The molecule has 1 atom stereocenters. The van der Waals surface area contributed by atoms with Gasteiger partial charge in [-0.1, -0.05) is 54.9 Å². The SMILES string of the molecule is Cc1ccc(NC(=O)N(Cc2ccc(C(=O)NC[C@@H](O)C(=O)O)cc2)C2CCC(C(C)(C)C)CC2)cc1Br. The van der Waals surface area contributed by atoms with E-state index in [1.807, 2.05) is 30.0 Å². The third-order valence-corrected chi connectivity index (χ3v) is 8.21. The van der Waals surface area contributed by atoms with Gasteiger partial charge in [-0.25, -0.2) is 9.59 Å². The van der Waals surface area contributed by atoms with Crippen LogP contribution in [0, 0.1) is 18.3 Å². The van der Waals surface area contributed by atoms with Crippen LogP contribution < -0.4 is 10.6 Å². The topological polar surface area (TPSA) is 119 Å². The molecular formula is C29H38BrN3O5. The van der Waals surface area contributed by atoms with E-state index in [2.05, 4.69) is 47.3 Å². The highest BCUT2D eigenvalue weighted by Gasteiger charge is 2.33. The standard InChI is InChI=1S/C29H38BrN3O5/c1-18-5-12-22(15-24(18)30)32-28(38)33(23-13-10-21(11-14-23)29(2,3)4)17-19-6-8-20(9-7-19)26(35)31-16-25(34)27(36)37/h5-9,12,15,21,23,25,34H,10-11,13-14,16-17H2,1-4H3,(H,31,35)(H,32,38)(H,36,37)/t21?,23?,25-/m1/s1. The van der Waals surface area contributed by atoms with Crippen molar-refractivity contribution >= 4 is 39.5 Å². The Hall–Kier alpha value is -2.91. The molecule has 1 aliphatic carbocycles. The molecule has 0 unspecified atom stereocenters. The number of nitrogens with zero attached hydrogens (tertiary/aromatic N) is 1. The number of amides is 3. The molecule has 0 aromatic heterocycles. The van der Waals surface area contributed by atoms with E-state index in [0.717, 1.165) is 47.0 Å². The van der Waals surface area contributed by atoms with Gasteiger partial charge < -0.3 is 25.7 Å². The van der Waals surface area contributed by atoms with Gasteiger partial charge in [-0.2, -0.15) is 0 Å². The molecule has 9 heteroatoms. The van der Waals surface area contributed by atoms with Crippen LogP contribution in [0.15, 0.2) is 46.9 Å². The number of aryl methyl sites for hydroxylation is 1. The number of carbonyl (C=O) groups excluding carboxylic acids is 2. The van der Waals surface area contributed by atoms with Gasteiger partial charge in [-0.3, -0.25) is 4.79 Å². The van der Waals surface area contributed by atoms with Crippen LogP contribution in [0.3, 0.4) is 0 Å². The third-order valence-electron chi connectivity index (χ3n) is 7.36. The number of aliphatic carboxylic acids is 1. The molecule has 1 aliphatic rings. The maximum Gasteiger partial charge on any atom is 0.334 e. The fraction of sp³-hybridized carbons (Fsp3) is 0.483. The molecule has 2 aromatic rings. The number of benzene rings is 2. The van der Waals surface area contributed by atoms with E-state index in [1.54, 1.807) is 24.3 Å². The molecule has 0 bridgehead atoms. The molecule has 1 saturated carbocycles. The number of nitrogens with one attached hydrogen (secondary N) is 2. The van der Waals surface area contributed by atoms with E-state index in [4.69, 9.17) is 5.11 Å². The summed E-state index contributed by atoms with van der Waals surface area (Å²) in [5.41, 5.74) is 3.27. The highest BCUT2D eigenvalue weighted by molar-refractivity contribution is 9.10. The van der Waals surface area contributed by atoms with E-state index in [0.29, 0.717) is 18.0 Å². The van der Waals surface area contributed by atoms with Crippen molar-refractivity contribution in [3.63, 3.8) is 0 Å². The lowest BCUT2D eigenvalue weighted by Gasteiger charge is -2.41. The number of carbonyl (C=O) groups is 3. The van der Waals surface area contributed by atoms with Gasteiger partial charge >= 0.3 is 12.0 Å². The molecule has 3 rings (SSSR count). The molecule has 8 nitrogen and oxygen atoms in total. The van der Waals surface area contributed by atoms with Gasteiger partial charge in [0.25, 0.3) is 5.91 Å². The molecule has 0 radical (unpaired) electrons. The van der Waals surface area contributed by atoms with Crippen LogP contribution in [0.4, 0.5) is 10.5 Å². The zero-order valence-corrected chi connectivity index (χ0v) is 24.0. The summed E-state index contributed by atoms with van der Waals surface area (Å²) in [6, 6.07) is 12.6. The van der Waals surface area contributed by atoms with Gasteiger partial charge in [0.15, 0.2) is 6.10 Å². The number of aliphatic hydroxyl groups is 1. The first-order valence-corrected chi connectivity index (χ1v) is 13.8. The molecule has 1 fully saturated rings. The highest BCUT2D eigenvalue weighted by atomic mass is 79.9. The summed E-state index contributed by atoms with van der Waals surface area (Å²) in [7, 11) is 0. The Bertz CT molecular complexity index is 1140. The summed E-state index contributed by atoms with van der Waals surface area (Å²) in [5.74, 6) is -1.25. The zero-order chi connectivity index (χ0) is 28.0. The molecule has 0 spiro atoms. The number of anilines is 1. The molecule has 0 heterocycles. The van der Waals surface area contributed by atoms with Gasteiger partial charge in [0.1, 0.15) is 0 Å². The number of halogens is 1. The maximum atomic E-state index is 13.5. The summed E-state index contributed by atoms with van der Waals surface area (Å²) < 4.78 is 0.928. The van der Waals surface area contributed by atoms with Gasteiger partial charge in [0, 0.05) is 28.3 Å². The molecule has 206 valence electrons. The summed E-state index contributed by atoms with van der Waals surface area (Å²) in [6.45, 7) is 8.83. The van der Waals surface area contributed by atoms with E-state index in [1.165, 1.54) is 0 Å². The Morgan fingerprint density at radius 3 is 2.24 bits per heavy atom. The van der Waals surface area contributed by atoms with Crippen molar-refractivity contribution in [1.29, 1.82) is 0 Å². The van der Waals surface area contributed by atoms with Gasteiger partial charge in [-0.05, 0) is 79.3 Å². The van der Waals surface area contributed by atoms with Crippen molar-refractivity contribution in [1.82, 2.24) is 10.2 Å². The minimum absolute atomic E-state index is 0.1000. The molecule has 4 N–H and O–H groups in total. The van der Waals surface area contributed by atoms with Crippen molar-refractivity contribution in [2.75, 3.05) is 11.9 Å². The quantitative estimate of drug-likeness (QED) is 0.322. The van der Waals surface area contributed by atoms with E-state index in [-0.39, 0.29) is 24.0 Å². The normalized spacial score (nSPS) is 18.4. The second-order valence-corrected chi connectivity index (χ2v) is 12.0. The van der Waals surface area contributed by atoms with Crippen molar-refractivity contribution in [2.45, 2.75) is 72.1 Å². The third kappa shape index (κ3) is 8.04. The van der Waals surface area contributed by atoms with Crippen LogP contribution in [0.2, 0.25) is 0 Å². The predicted molar refractivity (Wildman–Crippen MR) is 151 cm³/mol. The molecule has 2 aromatic carbocycles. The second kappa shape index (κ2) is 12.8. The summed E-state index contributed by atoms with van der Waals surface area (Å²) in [4.78, 5) is 38.5. The van der Waals surface area contributed by atoms with Crippen LogP contribution in [-0.2, 0) is 11.3 Å². The molecule has 3 amide bonds. The fourth-order valence-electron chi connectivity index (χ4n) is 4.82. The molecule has 0 saturated heterocycles. The monoisotopic (exact) mass is 587 g/mol. The van der Waals surface area contributed by atoms with Crippen LogP contribution >= 0.6 is 15.9 Å². The number of aliphatic hydroxyl groups excluding tert-OH is 1. The van der Waals surface area contributed by atoms with Gasteiger partial charge in [0.2, 0.25) is 0 Å². The van der Waals surface area contributed by atoms with E-state index >= 15 is 0 Å². The largest absolute Gasteiger partial charge is 0.479 e. The predicted octanol–water partition coefficient (Wildman–Crippen LogP) is 5.57. The van der Waals surface area contributed by atoms with Crippen molar-refractivity contribution < 1.29 is 24.6 Å². The smallest absolute Gasteiger partial charge is 0.334 e. The number of carboxylic acid groups (broad SMARTS) is 1. The number of hydrogen-bond donors (Lipinski definition) is 4. The zero-order valence-electron chi connectivity index (χ0n) is 22.5. The minimum atomic E-state index is -1.66. The average molecular weight is 589 g/mol. The van der Waals surface area contributed by atoms with Crippen molar-refractivity contribution in [3.8, 4) is 0 Å². The summed E-state index contributed by atoms with van der Waals surface area (Å²) in [5, 5.41) is 23.6. The lowest BCUT2D eigenvalue weighted by Crippen LogP contribution is -2.45.